The molecule has 29 heavy (non-hydrogen) atoms. The molecule has 3 amide bonds. The Morgan fingerprint density at radius 3 is 2.21 bits per heavy atom. The van der Waals surface area contributed by atoms with Crippen molar-refractivity contribution in [3.63, 3.8) is 0 Å². The van der Waals surface area contributed by atoms with Gasteiger partial charge in [0.05, 0.1) is 12.1 Å². The van der Waals surface area contributed by atoms with Crippen molar-refractivity contribution < 1.29 is 22.8 Å². The molecule has 0 atom stereocenters. The number of urea groups is 1. The van der Waals surface area contributed by atoms with Crippen LogP contribution in [0.5, 0.6) is 0 Å². The Morgan fingerprint density at radius 1 is 0.966 bits per heavy atom. The Bertz CT molecular complexity index is 896. The van der Waals surface area contributed by atoms with E-state index in [0.29, 0.717) is 24.2 Å². The van der Waals surface area contributed by atoms with Gasteiger partial charge in [-0.25, -0.2) is 4.79 Å². The number of rotatable bonds is 5. The van der Waals surface area contributed by atoms with Crippen molar-refractivity contribution in [2.75, 3.05) is 18.4 Å². The lowest BCUT2D eigenvalue weighted by Crippen LogP contribution is -2.36. The summed E-state index contributed by atoms with van der Waals surface area (Å²) in [7, 11) is 0. The maximum Gasteiger partial charge on any atom is 0.416 e. The summed E-state index contributed by atoms with van der Waals surface area (Å²) in [5, 5.41) is 7.92. The highest BCUT2D eigenvalue weighted by Gasteiger charge is 2.29. The molecule has 0 aromatic heterocycles. The molecule has 3 N–H and O–H groups in total. The molecular weight excluding hydrogens is 383 g/mol. The number of amides is 3. The molecule has 0 fully saturated rings. The van der Waals surface area contributed by atoms with Crippen molar-refractivity contribution in [2.45, 2.75) is 19.5 Å². The van der Waals surface area contributed by atoms with Crippen LogP contribution < -0.4 is 16.0 Å². The molecule has 0 aliphatic carbocycles. The van der Waals surface area contributed by atoms with E-state index in [1.165, 1.54) is 19.1 Å². The van der Waals surface area contributed by atoms with Crippen LogP contribution in [0.25, 0.3) is 0 Å². The van der Waals surface area contributed by atoms with Crippen molar-refractivity contribution >= 4 is 17.6 Å². The fourth-order valence-corrected chi connectivity index (χ4v) is 2.35. The molecule has 8 heteroatoms. The molecule has 2 aromatic rings. The predicted octanol–water partition coefficient (Wildman–Crippen LogP) is 3.56. The molecule has 152 valence electrons. The number of hydrogen-bond acceptors (Lipinski definition) is 2. The second-order valence-corrected chi connectivity index (χ2v) is 6.11. The lowest BCUT2D eigenvalue weighted by atomic mass is 10.1. The topological polar surface area (TPSA) is 70.2 Å². The zero-order valence-electron chi connectivity index (χ0n) is 15.7. The summed E-state index contributed by atoms with van der Waals surface area (Å²) in [5.74, 6) is 5.23. The van der Waals surface area contributed by atoms with Crippen LogP contribution in [0, 0.1) is 11.8 Å². The Balaban J connectivity index is 1.69. The third kappa shape index (κ3) is 7.97. The fourth-order valence-electron chi connectivity index (χ4n) is 2.35. The molecule has 5 nitrogen and oxygen atoms in total. The Hall–Kier alpha value is -3.47. The molecule has 0 heterocycles. The molecule has 2 aromatic carbocycles. The maximum absolute atomic E-state index is 12.5. The first-order valence-corrected chi connectivity index (χ1v) is 8.78. The SMILES string of the molecule is CC(=O)Nc1ccc(CCNC(=O)NCC#Cc2ccc(C(F)(F)F)cc2)cc1. The van der Waals surface area contributed by atoms with Crippen molar-refractivity contribution in [1.82, 2.24) is 10.6 Å². The van der Waals surface area contributed by atoms with Gasteiger partial charge < -0.3 is 16.0 Å². The Labute approximate surface area is 166 Å². The lowest BCUT2D eigenvalue weighted by molar-refractivity contribution is -0.137. The summed E-state index contributed by atoms with van der Waals surface area (Å²) < 4.78 is 37.4. The minimum Gasteiger partial charge on any atom is -0.338 e. The second-order valence-electron chi connectivity index (χ2n) is 6.11. The number of nitrogens with one attached hydrogen (secondary N) is 3. The molecular formula is C21H20F3N3O2. The molecule has 0 radical (unpaired) electrons. The summed E-state index contributed by atoms with van der Waals surface area (Å²) >= 11 is 0. The second kappa shape index (κ2) is 10.2. The van der Waals surface area contributed by atoms with E-state index in [1.807, 2.05) is 12.1 Å². The van der Waals surface area contributed by atoms with Crippen molar-refractivity contribution in [2.24, 2.45) is 0 Å². The van der Waals surface area contributed by atoms with E-state index >= 15 is 0 Å². The highest BCUT2D eigenvalue weighted by Crippen LogP contribution is 2.28. The quantitative estimate of drug-likeness (QED) is 0.668. The van der Waals surface area contributed by atoms with Gasteiger partial charge in [0.25, 0.3) is 0 Å². The van der Waals surface area contributed by atoms with Crippen LogP contribution in [0.4, 0.5) is 23.7 Å². The van der Waals surface area contributed by atoms with Gasteiger partial charge in [0, 0.05) is 24.7 Å². The summed E-state index contributed by atoms with van der Waals surface area (Å²) in [6.45, 7) is 1.92. The monoisotopic (exact) mass is 403 g/mol. The van der Waals surface area contributed by atoms with Gasteiger partial charge in [-0.1, -0.05) is 24.0 Å². The smallest absolute Gasteiger partial charge is 0.338 e. The van der Waals surface area contributed by atoms with Gasteiger partial charge in [0.2, 0.25) is 5.91 Å². The van der Waals surface area contributed by atoms with E-state index in [0.717, 1.165) is 17.7 Å². The van der Waals surface area contributed by atoms with Crippen molar-refractivity contribution in [1.29, 1.82) is 0 Å². The van der Waals surface area contributed by atoms with Gasteiger partial charge in [0.1, 0.15) is 0 Å². The van der Waals surface area contributed by atoms with Crippen LogP contribution in [0.15, 0.2) is 48.5 Å². The first kappa shape index (κ1) is 21.8. The van der Waals surface area contributed by atoms with Crippen molar-refractivity contribution in [3.05, 3.63) is 65.2 Å². The van der Waals surface area contributed by atoms with Crippen LogP contribution in [-0.2, 0) is 17.4 Å². The fraction of sp³-hybridized carbons (Fsp3) is 0.238. The van der Waals surface area contributed by atoms with Gasteiger partial charge in [-0.2, -0.15) is 13.2 Å². The third-order valence-electron chi connectivity index (χ3n) is 3.76. The molecule has 0 aliphatic heterocycles. The minimum atomic E-state index is -4.38. The zero-order chi connectivity index (χ0) is 21.3. The number of carbonyl (C=O) groups is 2. The highest BCUT2D eigenvalue weighted by atomic mass is 19.4. The van der Waals surface area contributed by atoms with E-state index in [2.05, 4.69) is 27.8 Å². The number of halogens is 3. The first-order valence-electron chi connectivity index (χ1n) is 8.78. The number of alkyl halides is 3. The average Bonchev–Trinajstić information content (AvgIpc) is 2.66. The Kier molecular flexibility index (Phi) is 7.66. The largest absolute Gasteiger partial charge is 0.416 e. The number of hydrogen-bond donors (Lipinski definition) is 3. The standard InChI is InChI=1S/C21H20F3N3O2/c1-15(28)27-19-10-6-17(7-11-19)12-14-26-20(29)25-13-2-3-16-4-8-18(9-5-16)21(22,23)24/h4-11H,12-14H2,1H3,(H,27,28)(H2,25,26,29). The number of carbonyl (C=O) groups excluding carboxylic acids is 2. The third-order valence-corrected chi connectivity index (χ3v) is 3.76. The molecule has 0 saturated heterocycles. The summed E-state index contributed by atoms with van der Waals surface area (Å²) in [6.07, 6.45) is -3.76. The summed E-state index contributed by atoms with van der Waals surface area (Å²) in [6, 6.07) is 11.4. The number of benzene rings is 2. The van der Waals surface area contributed by atoms with Gasteiger partial charge in [-0.15, -0.1) is 0 Å². The first-order chi connectivity index (χ1) is 13.7. The molecule has 2 rings (SSSR count). The minimum absolute atomic E-state index is 0.0677. The maximum atomic E-state index is 12.5. The molecule has 0 unspecified atom stereocenters. The summed E-state index contributed by atoms with van der Waals surface area (Å²) in [4.78, 5) is 22.7. The molecule has 0 spiro atoms. The Morgan fingerprint density at radius 2 is 1.62 bits per heavy atom. The van der Waals surface area contributed by atoms with Crippen LogP contribution >= 0.6 is 0 Å². The van der Waals surface area contributed by atoms with Crippen molar-refractivity contribution in [3.8, 4) is 11.8 Å². The average molecular weight is 403 g/mol. The van der Waals surface area contributed by atoms with Crippen LogP contribution in [0.2, 0.25) is 0 Å². The number of anilines is 1. The van der Waals surface area contributed by atoms with E-state index < -0.39 is 11.7 Å². The zero-order valence-corrected chi connectivity index (χ0v) is 15.7. The van der Waals surface area contributed by atoms with E-state index in [9.17, 15) is 22.8 Å². The highest BCUT2D eigenvalue weighted by molar-refractivity contribution is 5.88. The van der Waals surface area contributed by atoms with E-state index in [-0.39, 0.29) is 18.5 Å². The van der Waals surface area contributed by atoms with Gasteiger partial charge in [-0.05, 0) is 48.4 Å². The molecule has 0 saturated carbocycles. The van der Waals surface area contributed by atoms with Gasteiger partial charge in [0.15, 0.2) is 0 Å². The van der Waals surface area contributed by atoms with E-state index in [4.69, 9.17) is 0 Å². The van der Waals surface area contributed by atoms with Gasteiger partial charge in [-0.3, -0.25) is 4.79 Å². The normalized spacial score (nSPS) is 10.5. The van der Waals surface area contributed by atoms with Crippen LogP contribution in [0.1, 0.15) is 23.6 Å². The van der Waals surface area contributed by atoms with Crippen LogP contribution in [0.3, 0.4) is 0 Å². The van der Waals surface area contributed by atoms with E-state index in [1.54, 1.807) is 12.1 Å². The molecule has 0 bridgehead atoms. The predicted molar refractivity (Wildman–Crippen MR) is 104 cm³/mol. The molecule has 0 aliphatic rings. The summed E-state index contributed by atoms with van der Waals surface area (Å²) in [5.41, 5.74) is 1.41. The van der Waals surface area contributed by atoms with Gasteiger partial charge >= 0.3 is 12.2 Å². The lowest BCUT2D eigenvalue weighted by Gasteiger charge is -2.07. The van der Waals surface area contributed by atoms with Crippen LogP contribution in [-0.4, -0.2) is 25.0 Å².